The summed E-state index contributed by atoms with van der Waals surface area (Å²) in [5.41, 5.74) is -0.767. The van der Waals surface area contributed by atoms with Gasteiger partial charge < -0.3 is 4.74 Å². The highest BCUT2D eigenvalue weighted by Gasteiger charge is 2.23. The molecule has 0 fully saturated rings. The Hall–Kier alpha value is -1.67. The third kappa shape index (κ3) is 2.77. The van der Waals surface area contributed by atoms with Crippen molar-refractivity contribution < 1.29 is 18.3 Å². The van der Waals surface area contributed by atoms with Crippen LogP contribution in [0.25, 0.3) is 0 Å². The zero-order valence-corrected chi connectivity index (χ0v) is 10.3. The average molecular weight is 274 g/mol. The Kier molecular flexibility index (Phi) is 5.05. The summed E-state index contributed by atoms with van der Waals surface area (Å²) in [6.07, 6.45) is -2.87. The molecule has 0 radical (unpaired) electrons. The van der Waals surface area contributed by atoms with E-state index in [2.05, 4.69) is 0 Å². The summed E-state index contributed by atoms with van der Waals surface area (Å²) in [7, 11) is 0. The van der Waals surface area contributed by atoms with Gasteiger partial charge in [0.1, 0.15) is 0 Å². The summed E-state index contributed by atoms with van der Waals surface area (Å²) in [6.45, 7) is 1.74. The second kappa shape index (κ2) is 6.31. The van der Waals surface area contributed by atoms with Crippen molar-refractivity contribution in [3.05, 3.63) is 34.4 Å². The lowest BCUT2D eigenvalue weighted by atomic mass is 9.97. The quantitative estimate of drug-likeness (QED) is 0.624. The molecule has 0 aromatic heterocycles. The fourth-order valence-corrected chi connectivity index (χ4v) is 1.84. The van der Waals surface area contributed by atoms with Gasteiger partial charge in [0, 0.05) is 11.4 Å². The molecule has 6 heteroatoms. The van der Waals surface area contributed by atoms with Crippen LogP contribution in [-0.2, 0) is 10.6 Å². The van der Waals surface area contributed by atoms with Gasteiger partial charge in [0.15, 0.2) is 0 Å². The van der Waals surface area contributed by atoms with Crippen LogP contribution in [0.15, 0.2) is 12.1 Å². The van der Waals surface area contributed by atoms with Crippen LogP contribution in [0.2, 0.25) is 0 Å². The summed E-state index contributed by atoms with van der Waals surface area (Å²) in [5, 5.41) is 8.78. The molecule has 0 bridgehead atoms. The maximum absolute atomic E-state index is 12.9. The van der Waals surface area contributed by atoms with Crippen molar-refractivity contribution in [1.82, 2.24) is 0 Å². The highest BCUT2D eigenvalue weighted by atomic mass is 35.5. The highest BCUT2D eigenvalue weighted by Crippen LogP contribution is 2.30. The molecule has 18 heavy (non-hydrogen) atoms. The standard InChI is InChI=1S/C12H10ClF2NO2/c1-2-18-12(17)8-4-3-7(6-16)10(11(14)15)9(8)5-13/h3-4,11H,2,5H2,1H3. The number of nitrogens with zero attached hydrogens (tertiary/aromatic N) is 1. The van der Waals surface area contributed by atoms with Crippen LogP contribution in [0.4, 0.5) is 8.78 Å². The van der Waals surface area contributed by atoms with E-state index in [1.807, 2.05) is 0 Å². The van der Waals surface area contributed by atoms with Crippen LogP contribution in [0, 0.1) is 11.3 Å². The lowest BCUT2D eigenvalue weighted by Gasteiger charge is -2.13. The average Bonchev–Trinajstić information content (AvgIpc) is 2.36. The van der Waals surface area contributed by atoms with Gasteiger partial charge in [-0.15, -0.1) is 11.6 Å². The first-order valence-corrected chi connectivity index (χ1v) is 5.67. The van der Waals surface area contributed by atoms with E-state index in [4.69, 9.17) is 21.6 Å². The summed E-state index contributed by atoms with van der Waals surface area (Å²) >= 11 is 5.60. The van der Waals surface area contributed by atoms with Gasteiger partial charge in [-0.25, -0.2) is 13.6 Å². The van der Waals surface area contributed by atoms with E-state index < -0.39 is 18.0 Å². The Bertz CT molecular complexity index is 498. The van der Waals surface area contributed by atoms with Gasteiger partial charge in [0.05, 0.1) is 23.8 Å². The molecule has 0 amide bonds. The van der Waals surface area contributed by atoms with Crippen molar-refractivity contribution >= 4 is 17.6 Å². The minimum absolute atomic E-state index is 0.0267. The van der Waals surface area contributed by atoms with Crippen LogP contribution in [0.1, 0.15) is 40.4 Å². The lowest BCUT2D eigenvalue weighted by Crippen LogP contribution is -2.11. The van der Waals surface area contributed by atoms with Gasteiger partial charge >= 0.3 is 5.97 Å². The molecule has 0 aliphatic carbocycles. The minimum atomic E-state index is -2.87. The van der Waals surface area contributed by atoms with E-state index in [1.165, 1.54) is 12.1 Å². The number of carbonyl (C=O) groups is 1. The predicted octanol–water partition coefficient (Wildman–Crippen LogP) is 3.41. The molecule has 96 valence electrons. The maximum Gasteiger partial charge on any atom is 0.338 e. The Morgan fingerprint density at radius 2 is 2.22 bits per heavy atom. The van der Waals surface area contributed by atoms with Crippen molar-refractivity contribution in [1.29, 1.82) is 5.26 Å². The van der Waals surface area contributed by atoms with Crippen LogP contribution in [-0.4, -0.2) is 12.6 Å². The zero-order valence-electron chi connectivity index (χ0n) is 9.54. The third-order valence-electron chi connectivity index (χ3n) is 2.32. The molecule has 0 aliphatic heterocycles. The van der Waals surface area contributed by atoms with Gasteiger partial charge in [0.25, 0.3) is 6.43 Å². The van der Waals surface area contributed by atoms with E-state index in [0.29, 0.717) is 0 Å². The minimum Gasteiger partial charge on any atom is -0.462 e. The van der Waals surface area contributed by atoms with Crippen molar-refractivity contribution in [2.75, 3.05) is 6.61 Å². The number of hydrogen-bond acceptors (Lipinski definition) is 3. The zero-order chi connectivity index (χ0) is 13.7. The number of halogens is 3. The smallest absolute Gasteiger partial charge is 0.338 e. The molecule has 3 nitrogen and oxygen atoms in total. The molecule has 0 saturated heterocycles. The Labute approximate surface area is 108 Å². The highest BCUT2D eigenvalue weighted by molar-refractivity contribution is 6.17. The maximum atomic E-state index is 12.9. The normalized spacial score (nSPS) is 10.2. The number of benzene rings is 1. The van der Waals surface area contributed by atoms with E-state index in [1.54, 1.807) is 13.0 Å². The van der Waals surface area contributed by atoms with Gasteiger partial charge in [0.2, 0.25) is 0 Å². The predicted molar refractivity (Wildman–Crippen MR) is 61.6 cm³/mol. The van der Waals surface area contributed by atoms with Crippen molar-refractivity contribution in [3.63, 3.8) is 0 Å². The fourth-order valence-electron chi connectivity index (χ4n) is 1.56. The number of carbonyl (C=O) groups excluding carboxylic acids is 1. The van der Waals surface area contributed by atoms with Gasteiger partial charge in [-0.1, -0.05) is 0 Å². The van der Waals surface area contributed by atoms with Gasteiger partial charge in [-0.3, -0.25) is 0 Å². The van der Waals surface area contributed by atoms with E-state index in [0.717, 1.165) is 0 Å². The Morgan fingerprint density at radius 1 is 1.56 bits per heavy atom. The number of esters is 1. The second-order valence-corrected chi connectivity index (χ2v) is 3.59. The summed E-state index contributed by atoms with van der Waals surface area (Å²) in [5.74, 6) is -1.01. The number of hydrogen-bond donors (Lipinski definition) is 0. The second-order valence-electron chi connectivity index (χ2n) is 3.32. The van der Waals surface area contributed by atoms with Crippen LogP contribution in [0.5, 0.6) is 0 Å². The topological polar surface area (TPSA) is 50.1 Å². The van der Waals surface area contributed by atoms with Crippen molar-refractivity contribution in [3.8, 4) is 6.07 Å². The van der Waals surface area contributed by atoms with Gasteiger partial charge in [-0.2, -0.15) is 5.26 Å². The number of alkyl halides is 3. The number of ether oxygens (including phenoxy) is 1. The number of rotatable bonds is 4. The molecular weight excluding hydrogens is 264 g/mol. The van der Waals surface area contributed by atoms with Gasteiger partial charge in [-0.05, 0) is 24.6 Å². The molecule has 0 N–H and O–H groups in total. The van der Waals surface area contributed by atoms with Crippen LogP contribution < -0.4 is 0 Å². The van der Waals surface area contributed by atoms with Crippen molar-refractivity contribution in [2.24, 2.45) is 0 Å². The fraction of sp³-hybridized carbons (Fsp3) is 0.333. The Balaban J connectivity index is 3.43. The molecule has 0 heterocycles. The molecule has 1 aromatic rings. The molecule has 0 unspecified atom stereocenters. The molecule has 0 saturated carbocycles. The molecule has 0 aliphatic rings. The number of nitriles is 1. The van der Waals surface area contributed by atoms with E-state index in [9.17, 15) is 13.6 Å². The molecule has 0 atom stereocenters. The third-order valence-corrected chi connectivity index (χ3v) is 2.59. The molecule has 0 spiro atoms. The largest absolute Gasteiger partial charge is 0.462 e. The first-order chi connectivity index (χ1) is 8.56. The van der Waals surface area contributed by atoms with E-state index >= 15 is 0 Å². The molecule has 1 aromatic carbocycles. The lowest BCUT2D eigenvalue weighted by molar-refractivity contribution is 0.0525. The summed E-state index contributed by atoms with van der Waals surface area (Å²) < 4.78 is 30.6. The Morgan fingerprint density at radius 3 is 2.67 bits per heavy atom. The van der Waals surface area contributed by atoms with E-state index in [-0.39, 0.29) is 29.2 Å². The summed E-state index contributed by atoms with van der Waals surface area (Å²) in [6, 6.07) is 4.11. The first-order valence-electron chi connectivity index (χ1n) is 5.13. The SMILES string of the molecule is CCOC(=O)c1ccc(C#N)c(C(F)F)c1CCl. The van der Waals surface area contributed by atoms with Crippen molar-refractivity contribution in [2.45, 2.75) is 19.2 Å². The molecular formula is C12H10ClF2NO2. The summed E-state index contributed by atoms with van der Waals surface area (Å²) in [4.78, 5) is 11.6. The van der Waals surface area contributed by atoms with Crippen LogP contribution in [0.3, 0.4) is 0 Å². The molecule has 1 rings (SSSR count). The van der Waals surface area contributed by atoms with Crippen LogP contribution >= 0.6 is 11.6 Å². The first kappa shape index (κ1) is 14.4. The monoisotopic (exact) mass is 273 g/mol.